The molecular formula is C16H17NO5. The van der Waals surface area contributed by atoms with Crippen molar-refractivity contribution < 1.29 is 24.2 Å². The summed E-state index contributed by atoms with van der Waals surface area (Å²) in [4.78, 5) is 24.5. The van der Waals surface area contributed by atoms with Gasteiger partial charge in [-0.15, -0.1) is 6.58 Å². The minimum absolute atomic E-state index is 0.186. The molecule has 1 aliphatic rings. The van der Waals surface area contributed by atoms with Crippen LogP contribution < -0.4 is 14.4 Å². The van der Waals surface area contributed by atoms with Crippen molar-refractivity contribution >= 4 is 23.6 Å². The second kappa shape index (κ2) is 6.34. The highest BCUT2D eigenvalue weighted by atomic mass is 16.5. The topological polar surface area (TPSA) is 76.1 Å². The highest BCUT2D eigenvalue weighted by Crippen LogP contribution is 2.43. The molecule has 0 fully saturated rings. The van der Waals surface area contributed by atoms with E-state index >= 15 is 0 Å². The number of carbonyl (C=O) groups excluding carboxylic acids is 1. The molecule has 0 bridgehead atoms. The van der Waals surface area contributed by atoms with E-state index in [9.17, 15) is 9.59 Å². The van der Waals surface area contributed by atoms with Crippen LogP contribution in [0.4, 0.5) is 5.69 Å². The van der Waals surface area contributed by atoms with E-state index < -0.39 is 12.1 Å². The van der Waals surface area contributed by atoms with Crippen LogP contribution in [0.2, 0.25) is 0 Å². The van der Waals surface area contributed by atoms with Gasteiger partial charge in [0.1, 0.15) is 0 Å². The first-order valence-corrected chi connectivity index (χ1v) is 6.70. The summed E-state index contributed by atoms with van der Waals surface area (Å²) < 4.78 is 10.9. The van der Waals surface area contributed by atoms with Crippen molar-refractivity contribution in [1.29, 1.82) is 0 Å². The standard InChI is InChI=1S/C16H17NO5/c1-4-7-17-12-8-11(5-6-14(18)19)9-13(21-3)15(12)22-10(2)16(17)20/h4-6,8-10H,1,7H2,2-3H3,(H,18,19)/b6-5+. The fourth-order valence-electron chi connectivity index (χ4n) is 2.23. The lowest BCUT2D eigenvalue weighted by Gasteiger charge is -2.33. The van der Waals surface area contributed by atoms with Crippen LogP contribution in [0.25, 0.3) is 6.08 Å². The summed E-state index contributed by atoms with van der Waals surface area (Å²) >= 11 is 0. The maximum Gasteiger partial charge on any atom is 0.328 e. The zero-order valence-electron chi connectivity index (χ0n) is 12.4. The molecule has 1 aliphatic heterocycles. The molecule has 1 aromatic rings. The molecule has 0 aliphatic carbocycles. The van der Waals surface area contributed by atoms with E-state index in [0.29, 0.717) is 29.3 Å². The van der Waals surface area contributed by atoms with Crippen LogP contribution in [0.1, 0.15) is 12.5 Å². The van der Waals surface area contributed by atoms with Crippen molar-refractivity contribution in [2.45, 2.75) is 13.0 Å². The Morgan fingerprint density at radius 3 is 2.86 bits per heavy atom. The van der Waals surface area contributed by atoms with Crippen LogP contribution in [0.3, 0.4) is 0 Å². The number of amides is 1. The van der Waals surface area contributed by atoms with Gasteiger partial charge in [0, 0.05) is 12.6 Å². The molecule has 2 rings (SSSR count). The van der Waals surface area contributed by atoms with Gasteiger partial charge in [0.2, 0.25) is 0 Å². The number of rotatable bonds is 5. The van der Waals surface area contributed by atoms with Crippen LogP contribution in [-0.4, -0.2) is 36.7 Å². The Labute approximate surface area is 128 Å². The Morgan fingerprint density at radius 2 is 2.27 bits per heavy atom. The van der Waals surface area contributed by atoms with Gasteiger partial charge in [-0.25, -0.2) is 4.79 Å². The molecule has 0 saturated carbocycles. The van der Waals surface area contributed by atoms with Crippen molar-refractivity contribution in [2.75, 3.05) is 18.6 Å². The number of hydrogen-bond donors (Lipinski definition) is 1. The number of carboxylic acids is 1. The van der Waals surface area contributed by atoms with Crippen LogP contribution in [0.5, 0.6) is 11.5 Å². The average Bonchev–Trinajstić information content (AvgIpc) is 2.49. The summed E-state index contributed by atoms with van der Waals surface area (Å²) in [5.74, 6) is -0.339. The lowest BCUT2D eigenvalue weighted by molar-refractivity contribution is -0.131. The van der Waals surface area contributed by atoms with Crippen LogP contribution in [0.15, 0.2) is 30.9 Å². The molecule has 0 spiro atoms. The Hall–Kier alpha value is -2.76. The summed E-state index contributed by atoms with van der Waals surface area (Å²) in [6.07, 6.45) is 3.44. The zero-order chi connectivity index (χ0) is 16.3. The molecule has 1 heterocycles. The summed E-state index contributed by atoms with van der Waals surface area (Å²) in [7, 11) is 1.49. The van der Waals surface area contributed by atoms with E-state index in [2.05, 4.69) is 6.58 Å². The van der Waals surface area contributed by atoms with Crippen molar-refractivity contribution in [1.82, 2.24) is 0 Å². The van der Waals surface area contributed by atoms with E-state index in [-0.39, 0.29) is 5.91 Å². The Balaban J connectivity index is 2.57. The first-order valence-electron chi connectivity index (χ1n) is 6.70. The molecule has 0 aromatic heterocycles. The van der Waals surface area contributed by atoms with Gasteiger partial charge < -0.3 is 19.5 Å². The molecule has 22 heavy (non-hydrogen) atoms. The molecule has 1 aromatic carbocycles. The number of anilines is 1. The van der Waals surface area contributed by atoms with E-state index in [0.717, 1.165) is 6.08 Å². The zero-order valence-corrected chi connectivity index (χ0v) is 12.4. The predicted molar refractivity (Wildman–Crippen MR) is 82.3 cm³/mol. The first-order chi connectivity index (χ1) is 10.5. The number of methoxy groups -OCH3 is 1. The van der Waals surface area contributed by atoms with E-state index in [4.69, 9.17) is 14.6 Å². The molecule has 1 N–H and O–H groups in total. The number of benzene rings is 1. The lowest BCUT2D eigenvalue weighted by Crippen LogP contribution is -2.44. The van der Waals surface area contributed by atoms with Crippen LogP contribution in [-0.2, 0) is 9.59 Å². The van der Waals surface area contributed by atoms with Crippen LogP contribution >= 0.6 is 0 Å². The Kier molecular flexibility index (Phi) is 4.50. The quantitative estimate of drug-likeness (QED) is 0.666. The maximum absolute atomic E-state index is 12.3. The van der Waals surface area contributed by atoms with Crippen molar-refractivity contribution in [3.63, 3.8) is 0 Å². The van der Waals surface area contributed by atoms with Gasteiger partial charge in [0.05, 0.1) is 12.8 Å². The summed E-state index contributed by atoms with van der Waals surface area (Å²) in [6.45, 7) is 5.65. The fourth-order valence-corrected chi connectivity index (χ4v) is 2.23. The average molecular weight is 303 g/mol. The lowest BCUT2D eigenvalue weighted by atomic mass is 10.1. The molecule has 1 amide bonds. The monoisotopic (exact) mass is 303 g/mol. The minimum Gasteiger partial charge on any atom is -0.493 e. The predicted octanol–water partition coefficient (Wildman–Crippen LogP) is 2.09. The molecule has 0 saturated heterocycles. The van der Waals surface area contributed by atoms with Gasteiger partial charge in [0.15, 0.2) is 17.6 Å². The third-order valence-electron chi connectivity index (χ3n) is 3.21. The highest BCUT2D eigenvalue weighted by Gasteiger charge is 2.33. The van der Waals surface area contributed by atoms with E-state index in [1.165, 1.54) is 18.1 Å². The molecule has 116 valence electrons. The first kappa shape index (κ1) is 15.6. The minimum atomic E-state index is -1.06. The van der Waals surface area contributed by atoms with Gasteiger partial charge >= 0.3 is 5.97 Å². The number of fused-ring (bicyclic) bond motifs is 1. The number of aliphatic carboxylic acids is 1. The number of nitrogens with zero attached hydrogens (tertiary/aromatic N) is 1. The van der Waals surface area contributed by atoms with Gasteiger partial charge in [-0.3, -0.25) is 4.79 Å². The summed E-state index contributed by atoms with van der Waals surface area (Å²) in [5.41, 5.74) is 1.13. The molecule has 1 unspecified atom stereocenters. The largest absolute Gasteiger partial charge is 0.493 e. The number of hydrogen-bond acceptors (Lipinski definition) is 4. The summed E-state index contributed by atoms with van der Waals surface area (Å²) in [5, 5.41) is 8.73. The van der Waals surface area contributed by atoms with Crippen LogP contribution in [0, 0.1) is 0 Å². The Morgan fingerprint density at radius 1 is 1.55 bits per heavy atom. The van der Waals surface area contributed by atoms with Crippen molar-refractivity contribution in [2.24, 2.45) is 0 Å². The normalized spacial score (nSPS) is 17.1. The van der Waals surface area contributed by atoms with Crippen molar-refractivity contribution in [3.05, 3.63) is 36.4 Å². The van der Waals surface area contributed by atoms with E-state index in [1.807, 2.05) is 0 Å². The van der Waals surface area contributed by atoms with Gasteiger partial charge in [-0.1, -0.05) is 6.08 Å². The highest BCUT2D eigenvalue weighted by molar-refractivity contribution is 6.01. The molecule has 1 atom stereocenters. The maximum atomic E-state index is 12.3. The van der Waals surface area contributed by atoms with Crippen molar-refractivity contribution in [3.8, 4) is 11.5 Å². The second-order valence-electron chi connectivity index (χ2n) is 4.74. The third-order valence-corrected chi connectivity index (χ3v) is 3.21. The third kappa shape index (κ3) is 2.95. The van der Waals surface area contributed by atoms with Gasteiger partial charge in [-0.05, 0) is 30.7 Å². The smallest absolute Gasteiger partial charge is 0.328 e. The number of carbonyl (C=O) groups is 2. The van der Waals surface area contributed by atoms with Gasteiger partial charge in [0.25, 0.3) is 5.91 Å². The Bertz CT molecular complexity index is 650. The SMILES string of the molecule is C=CCN1C(=O)C(C)Oc2c(OC)cc(/C=C/C(=O)O)cc21. The fraction of sp³-hybridized carbons (Fsp3) is 0.250. The number of carboxylic acid groups (broad SMARTS) is 1. The second-order valence-corrected chi connectivity index (χ2v) is 4.74. The molecule has 6 heteroatoms. The molecular weight excluding hydrogens is 286 g/mol. The molecule has 0 radical (unpaired) electrons. The van der Waals surface area contributed by atoms with Gasteiger partial charge in [-0.2, -0.15) is 0 Å². The van der Waals surface area contributed by atoms with E-state index in [1.54, 1.807) is 25.1 Å². The number of ether oxygens (including phenoxy) is 2. The molecule has 6 nitrogen and oxygen atoms in total. The summed E-state index contributed by atoms with van der Waals surface area (Å²) in [6, 6.07) is 3.34.